The molecule has 2 aromatic rings. The van der Waals surface area contributed by atoms with E-state index in [1.165, 1.54) is 12.3 Å². The summed E-state index contributed by atoms with van der Waals surface area (Å²) in [6, 6.07) is 11.5. The van der Waals surface area contributed by atoms with E-state index in [4.69, 9.17) is 4.42 Å². The molecule has 0 aliphatic carbocycles. The topological polar surface area (TPSA) is 79.5 Å². The second kappa shape index (κ2) is 6.85. The lowest BCUT2D eigenvalue weighted by Crippen LogP contribution is -2.39. The highest BCUT2D eigenvalue weighted by atomic mass is 16.4. The summed E-state index contributed by atoms with van der Waals surface area (Å²) in [5.41, 5.74) is 0.967. The number of carboxylic acids is 1. The fraction of sp³-hybridized carbons (Fsp3) is 0.250. The van der Waals surface area contributed by atoms with E-state index >= 15 is 0 Å². The van der Waals surface area contributed by atoms with Crippen molar-refractivity contribution in [1.82, 2.24) is 5.32 Å². The van der Waals surface area contributed by atoms with Gasteiger partial charge in [0.05, 0.1) is 6.26 Å². The van der Waals surface area contributed by atoms with Crippen molar-refractivity contribution in [3.63, 3.8) is 0 Å². The number of nitrogens with one attached hydrogen (secondary N) is 1. The normalized spacial score (nSPS) is 13.6. The molecular formula is C16H17NO4. The summed E-state index contributed by atoms with van der Waals surface area (Å²) in [5, 5.41) is 12.2. The molecule has 0 saturated carbocycles. The lowest BCUT2D eigenvalue weighted by atomic mass is 10.0. The summed E-state index contributed by atoms with van der Waals surface area (Å²) in [7, 11) is 0. The minimum absolute atomic E-state index is 0.153. The third kappa shape index (κ3) is 4.03. The maximum absolute atomic E-state index is 11.9. The summed E-state index contributed by atoms with van der Waals surface area (Å²) in [6.45, 7) is 1.86. The number of ketones is 1. The zero-order valence-corrected chi connectivity index (χ0v) is 11.7. The highest BCUT2D eigenvalue weighted by Gasteiger charge is 2.24. The van der Waals surface area contributed by atoms with Gasteiger partial charge in [0, 0.05) is 12.5 Å². The van der Waals surface area contributed by atoms with E-state index in [0.717, 1.165) is 5.56 Å². The first-order chi connectivity index (χ1) is 10.1. The Hall–Kier alpha value is -2.40. The Labute approximate surface area is 122 Å². The molecule has 0 spiro atoms. The van der Waals surface area contributed by atoms with Gasteiger partial charge in [-0.3, -0.25) is 14.9 Å². The first kappa shape index (κ1) is 15.0. The van der Waals surface area contributed by atoms with Crippen LogP contribution in [-0.4, -0.2) is 22.9 Å². The summed E-state index contributed by atoms with van der Waals surface area (Å²) in [6.07, 6.45) is 1.24. The molecule has 0 unspecified atom stereocenters. The summed E-state index contributed by atoms with van der Waals surface area (Å²) in [5.74, 6) is -1.21. The van der Waals surface area contributed by atoms with E-state index in [0.29, 0.717) is 0 Å². The molecule has 0 aliphatic heterocycles. The minimum atomic E-state index is -1.06. The zero-order valence-electron chi connectivity index (χ0n) is 11.7. The van der Waals surface area contributed by atoms with Gasteiger partial charge in [-0.25, -0.2) is 0 Å². The molecule has 0 radical (unpaired) electrons. The number of furan rings is 1. The van der Waals surface area contributed by atoms with Gasteiger partial charge in [-0.05, 0) is 24.6 Å². The summed E-state index contributed by atoms with van der Waals surface area (Å²) in [4.78, 5) is 23.3. The van der Waals surface area contributed by atoms with E-state index in [9.17, 15) is 14.7 Å². The van der Waals surface area contributed by atoms with Crippen LogP contribution in [0, 0.1) is 0 Å². The molecule has 2 atom stereocenters. The molecule has 5 heteroatoms. The van der Waals surface area contributed by atoms with Gasteiger partial charge in [0.2, 0.25) is 0 Å². The Morgan fingerprint density at radius 2 is 1.90 bits per heavy atom. The van der Waals surface area contributed by atoms with Gasteiger partial charge in [0.1, 0.15) is 6.04 Å². The van der Waals surface area contributed by atoms with Crippen LogP contribution in [0.15, 0.2) is 53.1 Å². The number of carbonyl (C=O) groups excluding carboxylic acids is 1. The molecule has 2 N–H and O–H groups in total. The van der Waals surface area contributed by atoms with Crippen molar-refractivity contribution >= 4 is 11.8 Å². The summed E-state index contributed by atoms with van der Waals surface area (Å²) >= 11 is 0. The number of rotatable bonds is 7. The van der Waals surface area contributed by atoms with Crippen molar-refractivity contribution in [1.29, 1.82) is 0 Å². The zero-order chi connectivity index (χ0) is 15.2. The molecular weight excluding hydrogens is 270 g/mol. The average Bonchev–Trinajstić information content (AvgIpc) is 3.01. The number of hydrogen-bond donors (Lipinski definition) is 2. The molecule has 21 heavy (non-hydrogen) atoms. The average molecular weight is 287 g/mol. The first-order valence-corrected chi connectivity index (χ1v) is 6.68. The standard InChI is InChI=1S/C16H17NO4/c1-11(12-6-3-2-4-7-12)17-13(16(19)20)10-14(18)15-8-5-9-21-15/h2-9,11,13,17H,10H2,1H3,(H,19,20)/t11-,13-/m0/s1. The highest BCUT2D eigenvalue weighted by Crippen LogP contribution is 2.14. The van der Waals surface area contributed by atoms with Crippen LogP contribution < -0.4 is 5.32 Å². The lowest BCUT2D eigenvalue weighted by Gasteiger charge is -2.19. The SMILES string of the molecule is C[C@H](N[C@@H](CC(=O)c1ccco1)C(=O)O)c1ccccc1. The van der Waals surface area contributed by atoms with Gasteiger partial charge in [-0.2, -0.15) is 0 Å². The van der Waals surface area contributed by atoms with E-state index in [1.807, 2.05) is 37.3 Å². The molecule has 0 fully saturated rings. The Morgan fingerprint density at radius 3 is 2.48 bits per heavy atom. The molecule has 110 valence electrons. The number of benzene rings is 1. The molecule has 1 aromatic heterocycles. The molecule has 5 nitrogen and oxygen atoms in total. The lowest BCUT2D eigenvalue weighted by molar-refractivity contribution is -0.139. The number of hydrogen-bond acceptors (Lipinski definition) is 4. The minimum Gasteiger partial charge on any atom is -0.480 e. The van der Waals surface area contributed by atoms with Crippen LogP contribution in [0.4, 0.5) is 0 Å². The summed E-state index contributed by atoms with van der Waals surface area (Å²) < 4.78 is 5.00. The maximum Gasteiger partial charge on any atom is 0.321 e. The molecule has 0 aliphatic rings. The fourth-order valence-corrected chi connectivity index (χ4v) is 2.08. The number of carboxylic acid groups (broad SMARTS) is 1. The van der Waals surface area contributed by atoms with Crippen LogP contribution in [0.5, 0.6) is 0 Å². The predicted molar refractivity (Wildman–Crippen MR) is 77.1 cm³/mol. The molecule has 2 rings (SSSR count). The van der Waals surface area contributed by atoms with Crippen molar-refractivity contribution in [2.45, 2.75) is 25.4 Å². The van der Waals surface area contributed by atoms with Crippen molar-refractivity contribution in [3.05, 3.63) is 60.1 Å². The fourth-order valence-electron chi connectivity index (χ4n) is 2.08. The van der Waals surface area contributed by atoms with Gasteiger partial charge in [-0.15, -0.1) is 0 Å². The third-order valence-corrected chi connectivity index (χ3v) is 3.23. The molecule has 0 saturated heterocycles. The van der Waals surface area contributed by atoms with Gasteiger partial charge in [0.25, 0.3) is 0 Å². The van der Waals surface area contributed by atoms with Gasteiger partial charge >= 0.3 is 5.97 Å². The van der Waals surface area contributed by atoms with Gasteiger partial charge < -0.3 is 9.52 Å². The highest BCUT2D eigenvalue weighted by molar-refractivity contribution is 5.96. The van der Waals surface area contributed by atoms with E-state index in [1.54, 1.807) is 6.07 Å². The largest absolute Gasteiger partial charge is 0.480 e. The third-order valence-electron chi connectivity index (χ3n) is 3.23. The monoisotopic (exact) mass is 287 g/mol. The number of Topliss-reactive ketones (excluding diaryl/α,β-unsaturated/α-hetero) is 1. The van der Waals surface area contributed by atoms with Crippen LogP contribution in [0.25, 0.3) is 0 Å². The molecule has 1 aromatic carbocycles. The Balaban J connectivity index is 2.03. The second-order valence-electron chi connectivity index (χ2n) is 4.79. The molecule has 1 heterocycles. The van der Waals surface area contributed by atoms with Gasteiger partial charge in [0.15, 0.2) is 11.5 Å². The Kier molecular flexibility index (Phi) is 4.90. The second-order valence-corrected chi connectivity index (χ2v) is 4.79. The smallest absolute Gasteiger partial charge is 0.321 e. The van der Waals surface area contributed by atoms with E-state index < -0.39 is 12.0 Å². The Bertz CT molecular complexity index is 592. The van der Waals surface area contributed by atoms with Crippen LogP contribution in [-0.2, 0) is 4.79 Å². The van der Waals surface area contributed by atoms with E-state index in [-0.39, 0.29) is 24.0 Å². The van der Waals surface area contributed by atoms with Crippen LogP contribution in [0.3, 0.4) is 0 Å². The van der Waals surface area contributed by atoms with Crippen LogP contribution >= 0.6 is 0 Å². The van der Waals surface area contributed by atoms with Gasteiger partial charge in [-0.1, -0.05) is 30.3 Å². The number of aliphatic carboxylic acids is 1. The number of carbonyl (C=O) groups is 2. The predicted octanol–water partition coefficient (Wildman–Crippen LogP) is 2.66. The van der Waals surface area contributed by atoms with Crippen molar-refractivity contribution in [2.24, 2.45) is 0 Å². The molecule has 0 amide bonds. The van der Waals surface area contributed by atoms with Crippen molar-refractivity contribution in [3.8, 4) is 0 Å². The quantitative estimate of drug-likeness (QED) is 0.765. The maximum atomic E-state index is 11.9. The Morgan fingerprint density at radius 1 is 1.19 bits per heavy atom. The van der Waals surface area contributed by atoms with Crippen LogP contribution in [0.1, 0.15) is 35.5 Å². The van der Waals surface area contributed by atoms with Crippen LogP contribution in [0.2, 0.25) is 0 Å². The molecule has 0 bridgehead atoms. The van der Waals surface area contributed by atoms with E-state index in [2.05, 4.69) is 5.32 Å². The van der Waals surface area contributed by atoms with Crippen molar-refractivity contribution < 1.29 is 19.1 Å². The van der Waals surface area contributed by atoms with Crippen molar-refractivity contribution in [2.75, 3.05) is 0 Å². The first-order valence-electron chi connectivity index (χ1n) is 6.68.